The Morgan fingerprint density at radius 2 is 1.71 bits per heavy atom. The highest BCUT2D eigenvalue weighted by Crippen LogP contribution is 2.33. The van der Waals surface area contributed by atoms with Crippen molar-refractivity contribution in [2.45, 2.75) is 51.7 Å². The molecule has 2 heterocycles. The van der Waals surface area contributed by atoms with E-state index in [1.165, 1.54) is 0 Å². The smallest absolute Gasteiger partial charge is 0.408 e. The van der Waals surface area contributed by atoms with Gasteiger partial charge in [0, 0.05) is 40.0 Å². The van der Waals surface area contributed by atoms with Gasteiger partial charge >= 0.3 is 17.7 Å². The number of rotatable bonds is 7. The van der Waals surface area contributed by atoms with Crippen LogP contribution in [0.3, 0.4) is 0 Å². The fraction of sp³-hybridized carbons (Fsp3) is 0.242. The summed E-state index contributed by atoms with van der Waals surface area (Å²) in [6, 6.07) is 19.6. The Morgan fingerprint density at radius 1 is 0.951 bits per heavy atom. The molecule has 0 radical (unpaired) electrons. The van der Waals surface area contributed by atoms with E-state index >= 15 is 0 Å². The number of para-hydroxylation sites is 1. The number of benzene rings is 3. The predicted molar refractivity (Wildman–Crippen MR) is 155 cm³/mol. The topological polar surface area (TPSA) is 111 Å². The average Bonchev–Trinajstić information content (AvgIpc) is 3.41. The number of aryl methyl sites for hydroxylation is 2. The molecule has 1 aliphatic carbocycles. The summed E-state index contributed by atoms with van der Waals surface area (Å²) >= 11 is 0. The van der Waals surface area contributed by atoms with Gasteiger partial charge in [0.25, 0.3) is 0 Å². The highest BCUT2D eigenvalue weighted by molar-refractivity contribution is 5.89. The standard InChI is InChI=1S/C33H30N2O6/c1-20-29(16-15-25-24-12-5-6-13-26(24)31(36)41-30(20)25)40-32(37)28(17-22-18-34-27-14-8-7-11-23(22)27)35-33(38)39-19-21-9-3-2-4-10-21/h2-4,7-11,14-16,18,28,34H,5-6,12-13,17,19H2,1H3,(H,35,38). The first kappa shape index (κ1) is 26.4. The molecule has 0 spiro atoms. The summed E-state index contributed by atoms with van der Waals surface area (Å²) in [5, 5.41) is 4.51. The number of nitrogens with one attached hydrogen (secondary N) is 2. The summed E-state index contributed by atoms with van der Waals surface area (Å²) in [5.41, 5.74) is 4.99. The molecular weight excluding hydrogens is 520 g/mol. The van der Waals surface area contributed by atoms with Crippen LogP contribution < -0.4 is 15.7 Å². The molecule has 8 nitrogen and oxygen atoms in total. The van der Waals surface area contributed by atoms with Gasteiger partial charge in [-0.15, -0.1) is 0 Å². The number of esters is 1. The van der Waals surface area contributed by atoms with Crippen LogP contribution in [0.25, 0.3) is 21.9 Å². The lowest BCUT2D eigenvalue weighted by molar-refractivity contribution is -0.136. The van der Waals surface area contributed by atoms with Gasteiger partial charge in [-0.05, 0) is 67.5 Å². The highest BCUT2D eigenvalue weighted by atomic mass is 16.6. The van der Waals surface area contributed by atoms with Crippen molar-refractivity contribution in [3.05, 3.63) is 111 Å². The lowest BCUT2D eigenvalue weighted by Gasteiger charge is -2.20. The van der Waals surface area contributed by atoms with Crippen LogP contribution in [-0.2, 0) is 35.4 Å². The van der Waals surface area contributed by atoms with E-state index < -0.39 is 18.1 Å². The summed E-state index contributed by atoms with van der Waals surface area (Å²) in [7, 11) is 0. The van der Waals surface area contributed by atoms with Crippen LogP contribution in [0.15, 0.2) is 82.1 Å². The first-order valence-corrected chi connectivity index (χ1v) is 13.8. The largest absolute Gasteiger partial charge is 0.445 e. The molecule has 6 rings (SSSR count). The number of aromatic amines is 1. The van der Waals surface area contributed by atoms with Crippen LogP contribution in [0.1, 0.15) is 40.7 Å². The van der Waals surface area contributed by atoms with Gasteiger partial charge in [0.2, 0.25) is 0 Å². The summed E-state index contributed by atoms with van der Waals surface area (Å²) in [5.74, 6) is -0.389. The molecule has 0 saturated carbocycles. The molecule has 0 fully saturated rings. The van der Waals surface area contributed by atoms with E-state index in [9.17, 15) is 14.4 Å². The normalized spacial score (nSPS) is 13.5. The third-order valence-electron chi connectivity index (χ3n) is 7.69. The number of hydrogen-bond acceptors (Lipinski definition) is 6. The average molecular weight is 551 g/mol. The van der Waals surface area contributed by atoms with Crippen molar-refractivity contribution in [1.29, 1.82) is 0 Å². The Hall–Kier alpha value is -4.85. The zero-order valence-corrected chi connectivity index (χ0v) is 22.7. The van der Waals surface area contributed by atoms with Crippen LogP contribution in [0.4, 0.5) is 4.79 Å². The van der Waals surface area contributed by atoms with E-state index in [0.717, 1.165) is 57.8 Å². The zero-order chi connectivity index (χ0) is 28.3. The Kier molecular flexibility index (Phi) is 7.29. The van der Waals surface area contributed by atoms with Crippen LogP contribution in [0.2, 0.25) is 0 Å². The Labute approximate surface area is 236 Å². The van der Waals surface area contributed by atoms with Gasteiger partial charge in [0.15, 0.2) is 0 Å². The van der Waals surface area contributed by atoms with Gasteiger partial charge in [0.1, 0.15) is 24.0 Å². The highest BCUT2D eigenvalue weighted by Gasteiger charge is 2.27. The van der Waals surface area contributed by atoms with Gasteiger partial charge in [0.05, 0.1) is 0 Å². The number of aromatic nitrogens is 1. The predicted octanol–water partition coefficient (Wildman–Crippen LogP) is 5.90. The van der Waals surface area contributed by atoms with E-state index in [4.69, 9.17) is 13.9 Å². The maximum absolute atomic E-state index is 13.6. The Morgan fingerprint density at radius 3 is 2.54 bits per heavy atom. The molecule has 2 aromatic heterocycles. The van der Waals surface area contributed by atoms with Crippen molar-refractivity contribution in [2.24, 2.45) is 0 Å². The van der Waals surface area contributed by atoms with E-state index in [-0.39, 0.29) is 24.4 Å². The summed E-state index contributed by atoms with van der Waals surface area (Å²) < 4.78 is 16.9. The molecule has 3 aromatic carbocycles. The third kappa shape index (κ3) is 5.45. The van der Waals surface area contributed by atoms with E-state index in [0.29, 0.717) is 17.6 Å². The molecule has 1 atom stereocenters. The van der Waals surface area contributed by atoms with Crippen molar-refractivity contribution in [3.63, 3.8) is 0 Å². The van der Waals surface area contributed by atoms with E-state index in [1.54, 1.807) is 13.0 Å². The molecule has 5 aromatic rings. The number of hydrogen-bond donors (Lipinski definition) is 2. The van der Waals surface area contributed by atoms with Gasteiger partial charge in [-0.2, -0.15) is 0 Å². The van der Waals surface area contributed by atoms with Crippen molar-refractivity contribution < 1.29 is 23.5 Å². The van der Waals surface area contributed by atoms with E-state index in [1.807, 2.05) is 66.9 Å². The van der Waals surface area contributed by atoms with Gasteiger partial charge in [-0.25, -0.2) is 14.4 Å². The number of alkyl carbamates (subject to hydrolysis) is 1. The van der Waals surface area contributed by atoms with Crippen molar-refractivity contribution >= 4 is 33.9 Å². The van der Waals surface area contributed by atoms with Crippen LogP contribution in [-0.4, -0.2) is 23.1 Å². The lowest BCUT2D eigenvalue weighted by Crippen LogP contribution is -2.44. The number of fused-ring (bicyclic) bond motifs is 4. The molecule has 1 amide bonds. The van der Waals surface area contributed by atoms with Crippen molar-refractivity contribution in [3.8, 4) is 5.75 Å². The summed E-state index contributed by atoms with van der Waals surface area (Å²) in [6.45, 7) is 1.83. The first-order valence-electron chi connectivity index (χ1n) is 13.8. The van der Waals surface area contributed by atoms with Gasteiger partial charge < -0.3 is 24.2 Å². The minimum absolute atomic E-state index is 0.0642. The number of carbonyl (C=O) groups excluding carboxylic acids is 2. The Bertz CT molecular complexity index is 1800. The summed E-state index contributed by atoms with van der Waals surface area (Å²) in [4.78, 5) is 42.3. The maximum atomic E-state index is 13.6. The fourth-order valence-corrected chi connectivity index (χ4v) is 5.54. The first-order chi connectivity index (χ1) is 20.0. The molecule has 2 N–H and O–H groups in total. The maximum Gasteiger partial charge on any atom is 0.408 e. The molecule has 208 valence electrons. The number of amides is 1. The van der Waals surface area contributed by atoms with Crippen LogP contribution in [0, 0.1) is 6.92 Å². The lowest BCUT2D eigenvalue weighted by atomic mass is 9.90. The molecule has 1 unspecified atom stereocenters. The van der Waals surface area contributed by atoms with Crippen LogP contribution >= 0.6 is 0 Å². The van der Waals surface area contributed by atoms with Crippen molar-refractivity contribution in [2.75, 3.05) is 0 Å². The molecule has 0 aliphatic heterocycles. The SMILES string of the molecule is Cc1c(OC(=O)C(Cc2c[nH]c3ccccc23)NC(=O)OCc2ccccc2)ccc2c3c(c(=O)oc12)CCCC3. The van der Waals surface area contributed by atoms with Gasteiger partial charge in [-0.1, -0.05) is 48.5 Å². The number of carbonyl (C=O) groups is 2. The molecule has 1 aliphatic rings. The third-order valence-corrected chi connectivity index (χ3v) is 7.69. The Balaban J connectivity index is 1.27. The van der Waals surface area contributed by atoms with Gasteiger partial charge in [-0.3, -0.25) is 0 Å². The van der Waals surface area contributed by atoms with E-state index in [2.05, 4.69) is 10.3 Å². The minimum atomic E-state index is -1.04. The van der Waals surface area contributed by atoms with Crippen LogP contribution in [0.5, 0.6) is 5.75 Å². The summed E-state index contributed by atoms with van der Waals surface area (Å²) in [6.07, 6.45) is 4.78. The second-order valence-electron chi connectivity index (χ2n) is 10.4. The second kappa shape index (κ2) is 11.3. The monoisotopic (exact) mass is 550 g/mol. The molecule has 0 saturated heterocycles. The minimum Gasteiger partial charge on any atom is -0.445 e. The molecule has 41 heavy (non-hydrogen) atoms. The second-order valence-corrected chi connectivity index (χ2v) is 10.4. The number of ether oxygens (including phenoxy) is 2. The molecule has 8 heteroatoms. The molecular formula is C33H30N2O6. The fourth-order valence-electron chi connectivity index (χ4n) is 5.54. The molecule has 0 bridgehead atoms. The quantitative estimate of drug-likeness (QED) is 0.148. The van der Waals surface area contributed by atoms with Crippen molar-refractivity contribution in [1.82, 2.24) is 10.3 Å². The number of H-pyrrole nitrogens is 1. The zero-order valence-electron chi connectivity index (χ0n) is 22.7.